The number of aliphatic hydroxyl groups is 4. The zero-order valence-corrected chi connectivity index (χ0v) is 88.7. The number of quaternary nitrogens is 2. The van der Waals surface area contributed by atoms with Crippen LogP contribution in [0, 0.1) is 0 Å². The zero-order valence-electron chi connectivity index (χ0n) is 82.3. The van der Waals surface area contributed by atoms with Gasteiger partial charge in [0.15, 0.2) is 0 Å². The fraction of sp³-hybridized carbons (Fsp3) is 0.862. The van der Waals surface area contributed by atoms with Gasteiger partial charge in [0.1, 0.15) is 32.4 Å². The topological polar surface area (TPSA) is 413 Å². The summed E-state index contributed by atoms with van der Waals surface area (Å²) in [5.74, 6) is -1.93. The third-order valence-electron chi connectivity index (χ3n) is 20.4. The van der Waals surface area contributed by atoms with Crippen LogP contribution < -0.4 is 69.5 Å². The summed E-state index contributed by atoms with van der Waals surface area (Å²) >= 11 is 0. The second kappa shape index (κ2) is 100. The summed E-state index contributed by atoms with van der Waals surface area (Å²) in [6.45, 7) is 18.3. The fourth-order valence-corrected chi connectivity index (χ4v) is 15.5. The smallest absolute Gasteiger partial charge is 0.748 e. The maximum Gasteiger partial charge on any atom is 1.00 e. The molecule has 0 saturated heterocycles. The molecule has 4 atom stereocenters. The molecule has 2 amide bonds. The van der Waals surface area contributed by atoms with Crippen LogP contribution in [0.25, 0.3) is 0 Å². The summed E-state index contributed by atoms with van der Waals surface area (Å²) in [6, 6.07) is 0. The first-order valence-electron chi connectivity index (χ1n) is 47.6. The largest absolute Gasteiger partial charge is 1.00 e. The third-order valence-corrected chi connectivity index (χ3v) is 24.0. The standard InChI is InChI=1S/C17H35NO4S.C16H31NO3.C16H31NO2.C15H29NO2.2C15H30O6S.2Na/c1-4-5-6-7-8-9-10-11-12-13-14-18(2,3)15-17(19)16-23(20,21)22;1-2-3-4-5-6-7-8-9-10-11-16(20)17(12-14-18)13-15-19;1-4-5-6-7-8-9-10-11-12-13-14-17(2,3)15-16(18)19;1-3-4-5-6-7-8-9-10-11-12-15(18)16-13-14(2)17;2*1-3-14(22(17,18)19)10-8-6-4-5-7-9-11-15(16)21-13-12-20-2;;/h5-6,17,19H,4,7-16H2,1-3H3;3-4,18-19H,2,5-15H2,1H3;5-6H,4,7-15H2,1-3H3;4-5,14,17H,3,6-13H2,1-2H3,(H,16,18);2*14H,3-13H2,1-2H3,(H,17,18,19);;/q;;;;;;2*+1/p-2/b6-5+;4-3+;6-5+;5-4+;;;;. The number of likely N-dealkylation sites (N-methyl/N-ethyl adjacent to an activating group) is 2. The molecular weight excluding hydrogens is 1700 g/mol. The number of methoxy groups -OCH3 is 2. The van der Waals surface area contributed by atoms with E-state index in [0.717, 1.165) is 167 Å². The van der Waals surface area contributed by atoms with Gasteiger partial charge in [-0.1, -0.05) is 231 Å². The van der Waals surface area contributed by atoms with E-state index < -0.39 is 64.8 Å². The Balaban J connectivity index is -0.000000221. The number of carbonyl (C=O) groups is 5. The summed E-state index contributed by atoms with van der Waals surface area (Å²) < 4.78 is 118. The Morgan fingerprint density at radius 3 is 1.02 bits per heavy atom. The number of nitrogens with one attached hydrogen (secondary N) is 1. The molecule has 0 aliphatic carbocycles. The average Bonchev–Trinajstić information content (AvgIpc) is 0.523. The second-order valence-electron chi connectivity index (χ2n) is 33.6. The number of carboxylic acid groups (broad SMARTS) is 1. The van der Waals surface area contributed by atoms with Gasteiger partial charge in [-0.15, -0.1) is 0 Å². The number of aliphatic carboxylic acids is 1. The summed E-state index contributed by atoms with van der Waals surface area (Å²) in [5.41, 5.74) is 0. The van der Waals surface area contributed by atoms with E-state index in [1.807, 2.05) is 28.2 Å². The van der Waals surface area contributed by atoms with E-state index in [1.165, 1.54) is 120 Å². The number of aliphatic hydroxyl groups excluding tert-OH is 4. The van der Waals surface area contributed by atoms with Crippen molar-refractivity contribution >= 4 is 60.1 Å². The molecule has 0 aromatic heterocycles. The molecule has 0 spiro atoms. The number of esters is 2. The van der Waals surface area contributed by atoms with E-state index in [0.29, 0.717) is 113 Å². The van der Waals surface area contributed by atoms with Crippen molar-refractivity contribution in [2.75, 3.05) is 134 Å². The van der Waals surface area contributed by atoms with E-state index >= 15 is 0 Å². The van der Waals surface area contributed by atoms with Crippen molar-refractivity contribution in [3.8, 4) is 0 Å². The van der Waals surface area contributed by atoms with Crippen molar-refractivity contribution < 1.29 is 175 Å². The Hall–Kier alpha value is -2.28. The third kappa shape index (κ3) is 116. The first-order chi connectivity index (χ1) is 58.9. The average molecular weight is 1880 g/mol. The van der Waals surface area contributed by atoms with Crippen molar-refractivity contribution in [3.63, 3.8) is 0 Å². The Kier molecular flexibility index (Phi) is 111. The van der Waals surface area contributed by atoms with Crippen LogP contribution in [0.3, 0.4) is 0 Å². The van der Waals surface area contributed by atoms with E-state index in [1.54, 1.807) is 35.0 Å². The molecule has 126 heavy (non-hydrogen) atoms. The molecule has 0 aromatic carbocycles. The molecule has 0 fully saturated rings. The first-order valence-corrected chi connectivity index (χ1v) is 52.1. The minimum Gasteiger partial charge on any atom is -0.748 e. The molecule has 0 aliphatic heterocycles. The Labute approximate surface area is 813 Å². The second-order valence-corrected chi connectivity index (χ2v) is 38.4. The molecule has 27 nitrogen and oxygen atoms in total. The Morgan fingerprint density at radius 1 is 0.421 bits per heavy atom. The van der Waals surface area contributed by atoms with Gasteiger partial charge in [0.25, 0.3) is 0 Å². The maximum absolute atomic E-state index is 11.8. The maximum atomic E-state index is 11.8. The van der Waals surface area contributed by atoms with Gasteiger partial charge in [0.2, 0.25) is 11.8 Å². The predicted octanol–water partition coefficient (Wildman–Crippen LogP) is 10.1. The van der Waals surface area contributed by atoms with Crippen LogP contribution >= 0.6 is 0 Å². The molecule has 0 radical (unpaired) electrons. The summed E-state index contributed by atoms with van der Waals surface area (Å²) in [6.07, 6.45) is 66.2. The summed E-state index contributed by atoms with van der Waals surface area (Å²) in [7, 11) is -1.70. The first kappa shape index (κ1) is 139. The van der Waals surface area contributed by atoms with Crippen LogP contribution in [-0.4, -0.2) is 259 Å². The van der Waals surface area contributed by atoms with Crippen molar-refractivity contribution in [1.29, 1.82) is 0 Å². The van der Waals surface area contributed by atoms with E-state index in [2.05, 4.69) is 81.6 Å². The minimum atomic E-state index is -4.35. The van der Waals surface area contributed by atoms with Crippen molar-refractivity contribution in [1.82, 2.24) is 10.2 Å². The van der Waals surface area contributed by atoms with Gasteiger partial charge in [0.05, 0.1) is 116 Å². The molecule has 0 rings (SSSR count). The van der Waals surface area contributed by atoms with Gasteiger partial charge in [0, 0.05) is 70.0 Å². The quantitative estimate of drug-likeness (QED) is 0.00943. The summed E-state index contributed by atoms with van der Waals surface area (Å²) in [5, 5.41) is 48.2. The predicted molar refractivity (Wildman–Crippen MR) is 499 cm³/mol. The number of hydrogen-bond acceptors (Lipinski definition) is 23. The number of nitrogens with zero attached hydrogens (tertiary/aromatic N) is 3. The molecule has 4 unspecified atom stereocenters. The van der Waals surface area contributed by atoms with Gasteiger partial charge in [-0.2, -0.15) is 0 Å². The van der Waals surface area contributed by atoms with Crippen LogP contribution in [0.4, 0.5) is 0 Å². The number of ether oxygens (including phenoxy) is 4. The van der Waals surface area contributed by atoms with Gasteiger partial charge in [-0.25, -0.2) is 25.3 Å². The van der Waals surface area contributed by atoms with Crippen LogP contribution in [0.15, 0.2) is 48.6 Å². The monoisotopic (exact) mass is 1880 g/mol. The number of hydrogen-bond donors (Lipinski definition) is 5. The van der Waals surface area contributed by atoms with Crippen molar-refractivity contribution in [2.45, 2.75) is 392 Å². The van der Waals surface area contributed by atoms with E-state index in [4.69, 9.17) is 34.3 Å². The number of rotatable bonds is 78. The van der Waals surface area contributed by atoms with Gasteiger partial charge >= 0.3 is 71.1 Å². The molecule has 738 valence electrons. The molecule has 5 N–H and O–H groups in total. The van der Waals surface area contributed by atoms with Gasteiger partial charge in [-0.05, 0) is 161 Å². The Morgan fingerprint density at radius 2 is 0.722 bits per heavy atom. The number of amides is 2. The summed E-state index contributed by atoms with van der Waals surface area (Å²) in [4.78, 5) is 57.8. The van der Waals surface area contributed by atoms with Gasteiger partial charge in [-0.3, -0.25) is 19.2 Å². The molecule has 0 heterocycles. The van der Waals surface area contributed by atoms with Crippen molar-refractivity contribution in [3.05, 3.63) is 48.6 Å². The number of unbranched alkanes of at least 4 members (excludes halogenated alkanes) is 32. The normalized spacial score (nSPS) is 12.6. The molecule has 0 aliphatic rings. The SMILES string of the molecule is CC/C=C/CCCCCCCC(=O)N(CCO)CCO.CC/C=C/CCCCCCCC(=O)NCC(C)O.CC/C=C/CCCCCCCC[N+](C)(C)CC(=O)[O-].CC/C=C/CCCCCCCC[N+](C)(C)CC(O)CS(=O)(=O)[O-].CCC(CCCCCCCCC(=O)OCCOC)S(=O)(=O)[O-].CCC(CCCCCCCCC(=O)OCCOC)S(=O)(=O)[O-].[Na+].[Na+]. The van der Waals surface area contributed by atoms with Crippen LogP contribution in [0.2, 0.25) is 0 Å². The molecule has 0 aromatic rings. The molecule has 0 bridgehead atoms. The van der Waals surface area contributed by atoms with Crippen LogP contribution in [0.5, 0.6) is 0 Å². The number of allylic oxidation sites excluding steroid dienone is 8. The zero-order chi connectivity index (χ0) is 94.7. The number of carbonyl (C=O) groups excluding carboxylic acids is 5. The van der Waals surface area contributed by atoms with Gasteiger partial charge < -0.3 is 82.1 Å². The fourth-order valence-electron chi connectivity index (χ4n) is 13.2. The molecule has 0 saturated carbocycles. The number of carboxylic acids is 1. The van der Waals surface area contributed by atoms with Crippen LogP contribution in [-0.2, 0) is 73.3 Å². The Bertz CT molecular complexity index is 2830. The minimum absolute atomic E-state index is 0. The van der Waals surface area contributed by atoms with Crippen molar-refractivity contribution in [2.24, 2.45) is 0 Å². The molecule has 32 heteroatoms. The van der Waals surface area contributed by atoms with Crippen LogP contribution in [0.1, 0.15) is 370 Å². The molecular formula is C94H184N4Na2O23S3. The van der Waals surface area contributed by atoms with E-state index in [-0.39, 0.29) is 103 Å². The van der Waals surface area contributed by atoms with E-state index in [9.17, 15) is 73.1 Å².